The van der Waals surface area contributed by atoms with Crippen molar-refractivity contribution in [3.63, 3.8) is 0 Å². The highest BCUT2D eigenvalue weighted by Crippen LogP contribution is 2.27. The van der Waals surface area contributed by atoms with E-state index in [1.54, 1.807) is 11.3 Å². The van der Waals surface area contributed by atoms with Gasteiger partial charge in [0.05, 0.1) is 12.4 Å². The van der Waals surface area contributed by atoms with Crippen LogP contribution in [0.4, 0.5) is 9.52 Å². The predicted molar refractivity (Wildman–Crippen MR) is 90.0 cm³/mol. The van der Waals surface area contributed by atoms with Gasteiger partial charge >= 0.3 is 0 Å². The number of rotatable bonds is 5. The van der Waals surface area contributed by atoms with Gasteiger partial charge in [-0.25, -0.2) is 19.3 Å². The van der Waals surface area contributed by atoms with Crippen molar-refractivity contribution >= 4 is 16.5 Å². The van der Waals surface area contributed by atoms with E-state index in [2.05, 4.69) is 32.1 Å². The third-order valence-electron chi connectivity index (χ3n) is 4.38. The molecule has 7 heteroatoms. The summed E-state index contributed by atoms with van der Waals surface area (Å²) in [7, 11) is 1.89. The van der Waals surface area contributed by atoms with E-state index in [4.69, 9.17) is 0 Å². The molecule has 1 aliphatic rings. The van der Waals surface area contributed by atoms with Crippen molar-refractivity contribution in [3.8, 4) is 0 Å². The van der Waals surface area contributed by atoms with E-state index < -0.39 is 0 Å². The first-order valence-corrected chi connectivity index (χ1v) is 8.78. The summed E-state index contributed by atoms with van der Waals surface area (Å²) < 4.78 is 12.9. The van der Waals surface area contributed by atoms with Crippen molar-refractivity contribution in [2.24, 2.45) is 5.92 Å². The molecular weight excluding hydrogens is 313 g/mol. The second-order valence-corrected chi connectivity index (χ2v) is 7.24. The van der Waals surface area contributed by atoms with Gasteiger partial charge in [0.25, 0.3) is 0 Å². The average Bonchev–Trinajstić information content (AvgIpc) is 3.00. The molecule has 2 aromatic heterocycles. The summed E-state index contributed by atoms with van der Waals surface area (Å²) in [5.74, 6) is 0.882. The fourth-order valence-corrected chi connectivity index (χ4v) is 3.84. The van der Waals surface area contributed by atoms with Crippen LogP contribution in [0.3, 0.4) is 0 Å². The fourth-order valence-electron chi connectivity index (χ4n) is 3.05. The lowest BCUT2D eigenvalue weighted by Gasteiger charge is -2.37. The molecular formula is C16H22FN5S. The van der Waals surface area contributed by atoms with Crippen LogP contribution < -0.4 is 5.32 Å². The monoisotopic (exact) mass is 335 g/mol. The topological polar surface area (TPSA) is 53.9 Å². The number of nitrogens with one attached hydrogen (secondary N) is 1. The first kappa shape index (κ1) is 16.3. The Hall–Kier alpha value is -1.60. The number of aromatic nitrogens is 3. The molecule has 0 spiro atoms. The quantitative estimate of drug-likeness (QED) is 0.910. The molecule has 0 radical (unpaired) electrons. The van der Waals surface area contributed by atoms with Crippen molar-refractivity contribution < 1.29 is 4.39 Å². The number of piperidine rings is 1. The van der Waals surface area contributed by atoms with Crippen LogP contribution in [0.5, 0.6) is 0 Å². The minimum atomic E-state index is -0.377. The van der Waals surface area contributed by atoms with Crippen LogP contribution >= 0.6 is 11.3 Å². The van der Waals surface area contributed by atoms with Gasteiger partial charge in [0.15, 0.2) is 10.9 Å². The Bertz CT molecular complexity index is 630. The van der Waals surface area contributed by atoms with Gasteiger partial charge in [-0.1, -0.05) is 0 Å². The molecule has 0 aromatic carbocycles. The zero-order valence-electron chi connectivity index (χ0n) is 13.5. The maximum Gasteiger partial charge on any atom is 0.182 e. The maximum absolute atomic E-state index is 12.9. The molecule has 1 saturated heterocycles. The molecule has 0 bridgehead atoms. The van der Waals surface area contributed by atoms with Crippen LogP contribution in [0, 0.1) is 11.7 Å². The van der Waals surface area contributed by atoms with Crippen LogP contribution in [-0.2, 0) is 13.0 Å². The molecule has 2 atom stereocenters. The predicted octanol–water partition coefficient (Wildman–Crippen LogP) is 2.96. The summed E-state index contributed by atoms with van der Waals surface area (Å²) in [5.41, 5.74) is 0. The minimum Gasteiger partial charge on any atom is -0.365 e. The van der Waals surface area contributed by atoms with Gasteiger partial charge in [0.2, 0.25) is 0 Å². The van der Waals surface area contributed by atoms with Crippen LogP contribution in [0.1, 0.15) is 30.5 Å². The van der Waals surface area contributed by atoms with Gasteiger partial charge in [-0.2, -0.15) is 0 Å². The summed E-state index contributed by atoms with van der Waals surface area (Å²) in [4.78, 5) is 16.3. The van der Waals surface area contributed by atoms with E-state index in [9.17, 15) is 4.39 Å². The Kier molecular flexibility index (Phi) is 5.17. The van der Waals surface area contributed by atoms with E-state index in [1.165, 1.54) is 30.1 Å². The summed E-state index contributed by atoms with van der Waals surface area (Å²) >= 11 is 1.71. The number of hydrogen-bond acceptors (Lipinski definition) is 6. The van der Waals surface area contributed by atoms with Crippen molar-refractivity contribution in [1.82, 2.24) is 19.9 Å². The van der Waals surface area contributed by atoms with E-state index in [1.807, 2.05) is 13.2 Å². The van der Waals surface area contributed by atoms with E-state index in [0.29, 0.717) is 12.0 Å². The van der Waals surface area contributed by atoms with Crippen LogP contribution in [0.25, 0.3) is 0 Å². The van der Waals surface area contributed by atoms with Gasteiger partial charge in [0.1, 0.15) is 5.82 Å². The standard InChI is InChI=1S/C16H22FN5S/c1-11-3-4-12(5-15-19-6-13(17)7-20-15)9-22(11)10-14-8-21-16(18-2)23-14/h6-8,11-12H,3-5,9-10H2,1-2H3,(H,18,21). The zero-order valence-corrected chi connectivity index (χ0v) is 14.3. The average molecular weight is 335 g/mol. The second kappa shape index (κ2) is 7.31. The van der Waals surface area contributed by atoms with Gasteiger partial charge < -0.3 is 5.32 Å². The first-order valence-electron chi connectivity index (χ1n) is 7.97. The summed E-state index contributed by atoms with van der Waals surface area (Å²) in [6.07, 6.45) is 7.61. The van der Waals surface area contributed by atoms with Crippen molar-refractivity contribution in [1.29, 1.82) is 0 Å². The van der Waals surface area contributed by atoms with Gasteiger partial charge in [-0.15, -0.1) is 11.3 Å². The zero-order chi connectivity index (χ0) is 16.2. The van der Waals surface area contributed by atoms with Crippen LogP contribution in [0.2, 0.25) is 0 Å². The van der Waals surface area contributed by atoms with Crippen molar-refractivity contribution in [2.75, 3.05) is 18.9 Å². The highest BCUT2D eigenvalue weighted by atomic mass is 32.1. The molecule has 2 aromatic rings. The van der Waals surface area contributed by atoms with Gasteiger partial charge in [-0.3, -0.25) is 4.90 Å². The molecule has 1 fully saturated rings. The highest BCUT2D eigenvalue weighted by molar-refractivity contribution is 7.15. The Labute approximate surface area is 140 Å². The lowest BCUT2D eigenvalue weighted by Crippen LogP contribution is -2.41. The Morgan fingerprint density at radius 1 is 1.26 bits per heavy atom. The lowest BCUT2D eigenvalue weighted by molar-refractivity contribution is 0.110. The normalized spacial score (nSPS) is 22.2. The third-order valence-corrected chi connectivity index (χ3v) is 5.38. The van der Waals surface area contributed by atoms with Crippen LogP contribution in [-0.4, -0.2) is 39.5 Å². The van der Waals surface area contributed by atoms with E-state index >= 15 is 0 Å². The van der Waals surface area contributed by atoms with E-state index in [-0.39, 0.29) is 5.82 Å². The number of thiazole rings is 1. The number of nitrogens with zero attached hydrogens (tertiary/aromatic N) is 4. The molecule has 5 nitrogen and oxygen atoms in total. The molecule has 3 heterocycles. The Morgan fingerprint density at radius 2 is 2.04 bits per heavy atom. The SMILES string of the molecule is CNc1ncc(CN2CC(Cc3ncc(F)cn3)CCC2C)s1. The molecule has 0 amide bonds. The number of halogens is 1. The second-order valence-electron chi connectivity index (χ2n) is 6.13. The van der Waals surface area contributed by atoms with Crippen molar-refractivity contribution in [2.45, 2.75) is 38.8 Å². The molecule has 23 heavy (non-hydrogen) atoms. The first-order chi connectivity index (χ1) is 11.1. The van der Waals surface area contributed by atoms with Crippen molar-refractivity contribution in [3.05, 3.63) is 35.1 Å². The summed E-state index contributed by atoms with van der Waals surface area (Å²) in [5, 5.41) is 4.04. The molecule has 2 unspecified atom stereocenters. The Morgan fingerprint density at radius 3 is 2.74 bits per heavy atom. The maximum atomic E-state index is 12.9. The van der Waals surface area contributed by atoms with E-state index in [0.717, 1.165) is 30.5 Å². The smallest absolute Gasteiger partial charge is 0.182 e. The number of hydrogen-bond donors (Lipinski definition) is 1. The minimum absolute atomic E-state index is 0.377. The molecule has 3 rings (SSSR count). The molecule has 1 N–H and O–H groups in total. The summed E-state index contributed by atoms with van der Waals surface area (Å²) in [6, 6.07) is 0.570. The number of likely N-dealkylation sites (tertiary alicyclic amines) is 1. The largest absolute Gasteiger partial charge is 0.365 e. The van der Waals surface area contributed by atoms with Gasteiger partial charge in [0, 0.05) is 43.7 Å². The van der Waals surface area contributed by atoms with Gasteiger partial charge in [-0.05, 0) is 25.7 Å². The summed E-state index contributed by atoms with van der Waals surface area (Å²) in [6.45, 7) is 4.24. The Balaban J connectivity index is 1.60. The highest BCUT2D eigenvalue weighted by Gasteiger charge is 2.26. The van der Waals surface area contributed by atoms with Crippen LogP contribution in [0.15, 0.2) is 18.6 Å². The molecule has 1 aliphatic heterocycles. The molecule has 124 valence electrons. The third kappa shape index (κ3) is 4.23. The molecule has 0 saturated carbocycles. The fraction of sp³-hybridized carbons (Fsp3) is 0.562. The number of anilines is 1. The molecule has 0 aliphatic carbocycles. The lowest BCUT2D eigenvalue weighted by atomic mass is 9.90.